The van der Waals surface area contributed by atoms with Gasteiger partial charge in [0.15, 0.2) is 0 Å². The number of aliphatic hydroxyl groups excluding tert-OH is 1. The maximum absolute atomic E-state index is 11.6. The normalized spacial score (nSPS) is 14.2. The van der Waals surface area contributed by atoms with E-state index >= 15 is 0 Å². The maximum Gasteiger partial charge on any atom is 0.267 e. The van der Waals surface area contributed by atoms with Crippen molar-refractivity contribution in [3.63, 3.8) is 0 Å². The summed E-state index contributed by atoms with van der Waals surface area (Å²) in [5.74, 6) is 0. The molecule has 0 aliphatic carbocycles. The van der Waals surface area contributed by atoms with E-state index in [1.54, 1.807) is 0 Å². The van der Waals surface area contributed by atoms with Crippen molar-refractivity contribution in [2.75, 3.05) is 0 Å². The van der Waals surface area contributed by atoms with Crippen molar-refractivity contribution in [2.45, 2.75) is 154 Å². The molecular weight excluding hydrogens is 384 g/mol. The lowest BCUT2D eigenvalue weighted by molar-refractivity contribution is 0.147. The van der Waals surface area contributed by atoms with E-state index < -0.39 is 15.4 Å². The van der Waals surface area contributed by atoms with Gasteiger partial charge >= 0.3 is 0 Å². The van der Waals surface area contributed by atoms with Gasteiger partial charge in [-0.05, 0) is 25.7 Å². The van der Waals surface area contributed by atoms with Crippen LogP contribution in [0, 0.1) is 0 Å². The van der Waals surface area contributed by atoms with Crippen molar-refractivity contribution >= 4 is 10.1 Å². The Labute approximate surface area is 182 Å². The zero-order valence-corrected chi connectivity index (χ0v) is 20.2. The molecule has 0 bridgehead atoms. The van der Waals surface area contributed by atoms with Crippen molar-refractivity contribution in [3.8, 4) is 0 Å². The summed E-state index contributed by atoms with van der Waals surface area (Å²) in [4.78, 5) is 0. The second-order valence-electron chi connectivity index (χ2n) is 8.90. The molecule has 4 nitrogen and oxygen atoms in total. The van der Waals surface area contributed by atoms with Crippen LogP contribution in [0.3, 0.4) is 0 Å². The molecule has 0 aromatic heterocycles. The summed E-state index contributed by atoms with van der Waals surface area (Å²) in [6, 6.07) is 0. The van der Waals surface area contributed by atoms with Gasteiger partial charge in [-0.3, -0.25) is 4.55 Å². The van der Waals surface area contributed by atoms with Gasteiger partial charge < -0.3 is 5.11 Å². The van der Waals surface area contributed by atoms with Crippen LogP contribution in [-0.4, -0.2) is 29.4 Å². The molecule has 5 heteroatoms. The summed E-state index contributed by atoms with van der Waals surface area (Å²) in [5.41, 5.74) is 0. The molecule has 0 rings (SSSR count). The quantitative estimate of drug-likeness (QED) is 0.137. The van der Waals surface area contributed by atoms with Crippen LogP contribution in [0.5, 0.6) is 0 Å². The van der Waals surface area contributed by atoms with E-state index in [2.05, 4.69) is 13.8 Å². The Kier molecular flexibility index (Phi) is 19.7. The van der Waals surface area contributed by atoms with E-state index in [-0.39, 0.29) is 6.10 Å². The smallest absolute Gasteiger partial charge is 0.267 e. The van der Waals surface area contributed by atoms with Gasteiger partial charge in [0.2, 0.25) is 0 Å². The molecule has 0 fully saturated rings. The van der Waals surface area contributed by atoms with E-state index in [4.69, 9.17) is 0 Å². The zero-order valence-electron chi connectivity index (χ0n) is 19.4. The Morgan fingerprint density at radius 3 is 1.24 bits per heavy atom. The Hall–Kier alpha value is -0.130. The highest BCUT2D eigenvalue weighted by molar-refractivity contribution is 7.86. The van der Waals surface area contributed by atoms with E-state index in [1.807, 2.05) is 0 Å². The second kappa shape index (κ2) is 19.8. The summed E-state index contributed by atoms with van der Waals surface area (Å²) in [6.07, 6.45) is 20.9. The van der Waals surface area contributed by atoms with Crippen molar-refractivity contribution < 1.29 is 18.1 Å². The maximum atomic E-state index is 11.6. The van der Waals surface area contributed by atoms with Crippen molar-refractivity contribution in [3.05, 3.63) is 0 Å². The van der Waals surface area contributed by atoms with Crippen molar-refractivity contribution in [1.29, 1.82) is 0 Å². The number of aliphatic hydroxyl groups is 1. The van der Waals surface area contributed by atoms with Crippen LogP contribution in [0.4, 0.5) is 0 Å². The summed E-state index contributed by atoms with van der Waals surface area (Å²) >= 11 is 0. The monoisotopic (exact) mass is 434 g/mol. The predicted molar refractivity (Wildman–Crippen MR) is 125 cm³/mol. The molecule has 176 valence electrons. The van der Waals surface area contributed by atoms with Crippen LogP contribution in [0.1, 0.15) is 142 Å². The first-order valence-electron chi connectivity index (χ1n) is 12.6. The van der Waals surface area contributed by atoms with Gasteiger partial charge in [0, 0.05) is 0 Å². The molecule has 2 unspecified atom stereocenters. The van der Waals surface area contributed by atoms with Crippen LogP contribution >= 0.6 is 0 Å². The van der Waals surface area contributed by atoms with E-state index in [0.29, 0.717) is 12.8 Å². The SMILES string of the molecule is CCCCCCCCCC(O)CCCCCC(CCCCCCCC)S(=O)(=O)O. The zero-order chi connectivity index (χ0) is 21.8. The highest BCUT2D eigenvalue weighted by Crippen LogP contribution is 2.19. The average Bonchev–Trinajstić information content (AvgIpc) is 2.67. The molecule has 29 heavy (non-hydrogen) atoms. The molecule has 0 aliphatic rings. The van der Waals surface area contributed by atoms with Crippen LogP contribution in [0.25, 0.3) is 0 Å². The second-order valence-corrected chi connectivity index (χ2v) is 10.6. The Balaban J connectivity index is 3.73. The first kappa shape index (κ1) is 28.9. The third-order valence-corrected chi connectivity index (χ3v) is 7.32. The molecule has 0 aromatic carbocycles. The highest BCUT2D eigenvalue weighted by Gasteiger charge is 2.21. The topological polar surface area (TPSA) is 74.6 Å². The average molecular weight is 435 g/mol. The molecular formula is C24H50O4S. The van der Waals surface area contributed by atoms with Crippen LogP contribution in [-0.2, 0) is 10.1 Å². The summed E-state index contributed by atoms with van der Waals surface area (Å²) < 4.78 is 32.7. The minimum atomic E-state index is -3.94. The molecule has 0 spiro atoms. The molecule has 0 radical (unpaired) electrons. The Morgan fingerprint density at radius 1 is 0.552 bits per heavy atom. The lowest BCUT2D eigenvalue weighted by Gasteiger charge is -2.14. The number of rotatable bonds is 22. The van der Waals surface area contributed by atoms with Gasteiger partial charge in [-0.2, -0.15) is 8.42 Å². The fourth-order valence-electron chi connectivity index (χ4n) is 4.00. The number of unbranched alkanes of at least 4 members (excludes halogenated alkanes) is 13. The summed E-state index contributed by atoms with van der Waals surface area (Å²) in [7, 11) is -3.94. The molecule has 0 aliphatic heterocycles. The lowest BCUT2D eigenvalue weighted by atomic mass is 10.0. The van der Waals surface area contributed by atoms with Crippen LogP contribution in [0.2, 0.25) is 0 Å². The molecule has 0 aromatic rings. The van der Waals surface area contributed by atoms with Gasteiger partial charge in [0.25, 0.3) is 10.1 Å². The minimum absolute atomic E-state index is 0.217. The number of hydrogen-bond acceptors (Lipinski definition) is 3. The fraction of sp³-hybridized carbons (Fsp3) is 1.00. The van der Waals surface area contributed by atoms with E-state index in [0.717, 1.165) is 57.8 Å². The molecule has 2 atom stereocenters. The minimum Gasteiger partial charge on any atom is -0.393 e. The van der Waals surface area contributed by atoms with Gasteiger partial charge in [0.1, 0.15) is 0 Å². The van der Waals surface area contributed by atoms with Crippen LogP contribution < -0.4 is 0 Å². The first-order chi connectivity index (χ1) is 13.9. The number of hydrogen-bond donors (Lipinski definition) is 2. The standard InChI is InChI=1S/C24H50O4S/c1-3-5-7-9-11-12-15-19-23(25)20-16-14-18-22-24(29(26,27)28)21-17-13-10-8-6-4-2/h23-25H,3-22H2,1-2H3,(H,26,27,28). The third kappa shape index (κ3) is 19.6. The van der Waals surface area contributed by atoms with Crippen LogP contribution in [0.15, 0.2) is 0 Å². The van der Waals surface area contributed by atoms with Gasteiger partial charge in [-0.25, -0.2) is 0 Å². The largest absolute Gasteiger partial charge is 0.393 e. The van der Waals surface area contributed by atoms with E-state index in [1.165, 1.54) is 57.8 Å². The molecule has 0 amide bonds. The Bertz CT molecular complexity index is 436. The van der Waals surface area contributed by atoms with Crippen molar-refractivity contribution in [2.24, 2.45) is 0 Å². The lowest BCUT2D eigenvalue weighted by Crippen LogP contribution is -2.20. The van der Waals surface area contributed by atoms with Gasteiger partial charge in [0.05, 0.1) is 11.4 Å². The van der Waals surface area contributed by atoms with Gasteiger partial charge in [-0.15, -0.1) is 0 Å². The third-order valence-electron chi connectivity index (χ3n) is 6.01. The fourth-order valence-corrected chi connectivity index (χ4v) is 4.93. The highest BCUT2D eigenvalue weighted by atomic mass is 32.2. The first-order valence-corrected chi connectivity index (χ1v) is 14.1. The predicted octanol–water partition coefficient (Wildman–Crippen LogP) is 7.45. The summed E-state index contributed by atoms with van der Waals surface area (Å²) in [6.45, 7) is 4.41. The van der Waals surface area contributed by atoms with Crippen molar-refractivity contribution in [1.82, 2.24) is 0 Å². The molecule has 0 saturated carbocycles. The molecule has 0 heterocycles. The molecule has 0 saturated heterocycles. The Morgan fingerprint density at radius 2 is 0.862 bits per heavy atom. The molecule has 2 N–H and O–H groups in total. The van der Waals surface area contributed by atoms with Gasteiger partial charge in [-0.1, -0.05) is 117 Å². The summed E-state index contributed by atoms with van der Waals surface area (Å²) in [5, 5.41) is 9.49. The van der Waals surface area contributed by atoms with E-state index in [9.17, 15) is 18.1 Å².